The van der Waals surface area contributed by atoms with Crippen molar-refractivity contribution in [3.05, 3.63) is 65.7 Å². The fourth-order valence-corrected chi connectivity index (χ4v) is 5.18. The third-order valence-corrected chi connectivity index (χ3v) is 7.63. The van der Waals surface area contributed by atoms with Crippen LogP contribution in [0.25, 0.3) is 0 Å². The number of hydrogen-bond donors (Lipinski definition) is 3. The zero-order valence-electron chi connectivity index (χ0n) is 19.5. The molecule has 186 valence electrons. The Hall–Kier alpha value is -3.62. The van der Waals surface area contributed by atoms with Crippen molar-refractivity contribution in [3.8, 4) is 0 Å². The van der Waals surface area contributed by atoms with E-state index in [1.807, 2.05) is 61.5 Å². The van der Waals surface area contributed by atoms with Crippen LogP contribution < -0.4 is 21.5 Å². The molecule has 2 aromatic heterocycles. The van der Waals surface area contributed by atoms with Crippen molar-refractivity contribution < 1.29 is 4.79 Å². The molecule has 0 aliphatic carbocycles. The minimum absolute atomic E-state index is 0.0862. The van der Waals surface area contributed by atoms with Gasteiger partial charge in [-0.3, -0.25) is 10.1 Å². The zero-order valence-corrected chi connectivity index (χ0v) is 22.0. The van der Waals surface area contributed by atoms with E-state index in [9.17, 15) is 4.79 Å². The Morgan fingerprint density at radius 3 is 2.61 bits per heavy atom. The van der Waals surface area contributed by atoms with Crippen LogP contribution in [0.2, 0.25) is 0 Å². The lowest BCUT2D eigenvalue weighted by molar-refractivity contribution is -0.113. The molecule has 0 saturated carbocycles. The molecule has 4 aromatic rings. The summed E-state index contributed by atoms with van der Waals surface area (Å²) in [6, 6.07) is 18.0. The molecule has 0 bridgehead atoms. The third-order valence-electron chi connectivity index (χ3n) is 4.64. The van der Waals surface area contributed by atoms with Gasteiger partial charge in [0.05, 0.1) is 12.0 Å². The molecule has 0 radical (unpaired) electrons. The smallest absolute Gasteiger partial charge is 0.264 e. The summed E-state index contributed by atoms with van der Waals surface area (Å²) in [7, 11) is 3.97. The van der Waals surface area contributed by atoms with E-state index in [4.69, 9.17) is 5.84 Å². The van der Waals surface area contributed by atoms with E-state index in [1.54, 1.807) is 18.0 Å². The Balaban J connectivity index is 1.22. The summed E-state index contributed by atoms with van der Waals surface area (Å²) < 4.78 is 2.03. The maximum absolute atomic E-state index is 12.3. The van der Waals surface area contributed by atoms with Crippen molar-refractivity contribution in [2.24, 2.45) is 5.10 Å². The quantitative estimate of drug-likeness (QED) is 0.0853. The first kappa shape index (κ1) is 25.5. The number of aromatic nitrogens is 5. The molecule has 0 aliphatic heterocycles. The number of rotatable bonds is 11. The topological polar surface area (TPSA) is 139 Å². The first-order valence-electron chi connectivity index (χ1n) is 10.7. The maximum Gasteiger partial charge on any atom is 0.264 e. The summed E-state index contributed by atoms with van der Waals surface area (Å²) in [5.41, 5.74) is 5.98. The second kappa shape index (κ2) is 12.4. The van der Waals surface area contributed by atoms with Crippen LogP contribution in [0.15, 0.2) is 69.2 Å². The average Bonchev–Trinajstić information content (AvgIpc) is 3.48. The number of nitrogens with one attached hydrogen (secondary N) is 2. The van der Waals surface area contributed by atoms with Crippen LogP contribution in [0.4, 0.5) is 16.8 Å². The first-order chi connectivity index (χ1) is 17.5. The molecule has 0 fully saturated rings. The Bertz CT molecular complexity index is 1310. The molecule has 36 heavy (non-hydrogen) atoms. The maximum atomic E-state index is 12.3. The Morgan fingerprint density at radius 2 is 1.86 bits per heavy atom. The van der Waals surface area contributed by atoms with Crippen LogP contribution in [0.5, 0.6) is 0 Å². The van der Waals surface area contributed by atoms with E-state index < -0.39 is 0 Å². The number of hydrazone groups is 1. The summed E-state index contributed by atoms with van der Waals surface area (Å²) in [4.78, 5) is 14.4. The lowest BCUT2D eigenvalue weighted by atomic mass is 10.2. The molecular formula is C22H24N10OS3. The second-order valence-electron chi connectivity index (χ2n) is 7.52. The van der Waals surface area contributed by atoms with Gasteiger partial charge in [0.2, 0.25) is 16.2 Å². The van der Waals surface area contributed by atoms with Gasteiger partial charge in [0.25, 0.3) is 5.95 Å². The summed E-state index contributed by atoms with van der Waals surface area (Å²) in [5.74, 6) is 6.92. The number of benzene rings is 2. The number of nitrogen functional groups attached to an aromatic ring is 1. The lowest BCUT2D eigenvalue weighted by Gasteiger charge is -2.11. The molecule has 2 aromatic carbocycles. The van der Waals surface area contributed by atoms with Crippen LogP contribution in [0, 0.1) is 0 Å². The molecule has 4 rings (SSSR count). The van der Waals surface area contributed by atoms with Gasteiger partial charge in [-0.2, -0.15) is 5.10 Å². The van der Waals surface area contributed by atoms with Gasteiger partial charge in [0, 0.05) is 25.5 Å². The number of anilines is 3. The SMILES string of the molecule is CN(C)c1ccc(/C=N/Nc2nnc(SCC(=O)Nc3nnc(SCc4ccccc4)s3)n2N)cc1. The van der Waals surface area contributed by atoms with Crippen molar-refractivity contribution >= 4 is 63.7 Å². The van der Waals surface area contributed by atoms with E-state index in [-0.39, 0.29) is 17.6 Å². The van der Waals surface area contributed by atoms with Crippen molar-refractivity contribution in [3.63, 3.8) is 0 Å². The lowest BCUT2D eigenvalue weighted by Crippen LogP contribution is -2.16. The van der Waals surface area contributed by atoms with E-state index in [1.165, 1.54) is 21.6 Å². The fourth-order valence-electron chi connectivity index (χ4n) is 2.80. The molecule has 4 N–H and O–H groups in total. The van der Waals surface area contributed by atoms with E-state index in [2.05, 4.69) is 48.4 Å². The van der Waals surface area contributed by atoms with Gasteiger partial charge in [-0.1, -0.05) is 77.3 Å². The fraction of sp³-hybridized carbons (Fsp3) is 0.182. The predicted molar refractivity (Wildman–Crippen MR) is 147 cm³/mol. The van der Waals surface area contributed by atoms with Gasteiger partial charge in [0.1, 0.15) is 0 Å². The molecule has 11 nitrogen and oxygen atoms in total. The average molecular weight is 541 g/mol. The summed E-state index contributed by atoms with van der Waals surface area (Å²) in [6.07, 6.45) is 1.66. The second-order valence-corrected chi connectivity index (χ2v) is 10.7. The van der Waals surface area contributed by atoms with Gasteiger partial charge in [0.15, 0.2) is 4.34 Å². The molecule has 0 unspecified atom stereocenters. The summed E-state index contributed by atoms with van der Waals surface area (Å²) in [6.45, 7) is 0. The highest BCUT2D eigenvalue weighted by Gasteiger charge is 2.14. The van der Waals surface area contributed by atoms with Gasteiger partial charge in [-0.15, -0.1) is 20.4 Å². The largest absolute Gasteiger partial charge is 0.378 e. The monoisotopic (exact) mass is 540 g/mol. The summed E-state index contributed by atoms with van der Waals surface area (Å²) >= 11 is 4.06. The number of amides is 1. The van der Waals surface area contributed by atoms with Crippen LogP contribution in [-0.2, 0) is 10.5 Å². The first-order valence-corrected chi connectivity index (χ1v) is 13.5. The Morgan fingerprint density at radius 1 is 1.08 bits per heavy atom. The van der Waals surface area contributed by atoms with Crippen molar-refractivity contribution in [1.29, 1.82) is 0 Å². The Labute approximate surface area is 220 Å². The van der Waals surface area contributed by atoms with Gasteiger partial charge < -0.3 is 10.7 Å². The zero-order chi connectivity index (χ0) is 25.3. The molecule has 14 heteroatoms. The number of thioether (sulfide) groups is 2. The van der Waals surface area contributed by atoms with Crippen molar-refractivity contribution in [1.82, 2.24) is 25.1 Å². The van der Waals surface area contributed by atoms with Gasteiger partial charge in [-0.25, -0.2) is 10.1 Å². The standard InChI is InChI=1S/C22H24N10OS3/c1-31(2)17-10-8-15(9-11-17)12-24-26-19-27-29-21(32(19)23)34-14-18(33)25-20-28-30-22(36-20)35-13-16-6-4-3-5-7-16/h3-12H,13-14,23H2,1-2H3,(H,26,27)(H,25,28,33)/b24-12+. The normalized spacial score (nSPS) is 11.1. The molecule has 0 spiro atoms. The van der Waals surface area contributed by atoms with Gasteiger partial charge >= 0.3 is 0 Å². The van der Waals surface area contributed by atoms with Crippen molar-refractivity contribution in [2.75, 3.05) is 41.3 Å². The molecule has 1 amide bonds. The number of nitrogens with zero attached hydrogens (tertiary/aromatic N) is 7. The highest BCUT2D eigenvalue weighted by Crippen LogP contribution is 2.28. The number of nitrogens with two attached hydrogens (primary N) is 1. The number of carbonyl (C=O) groups is 1. The number of carbonyl (C=O) groups excluding carboxylic acids is 1. The van der Waals surface area contributed by atoms with Crippen LogP contribution >= 0.6 is 34.9 Å². The summed E-state index contributed by atoms with van der Waals surface area (Å²) in [5, 5.41) is 23.9. The third kappa shape index (κ3) is 7.19. The number of hydrogen-bond acceptors (Lipinski definition) is 12. The van der Waals surface area contributed by atoms with Gasteiger partial charge in [-0.05, 0) is 23.3 Å². The highest BCUT2D eigenvalue weighted by molar-refractivity contribution is 8.00. The Kier molecular flexibility index (Phi) is 8.76. The minimum atomic E-state index is -0.243. The minimum Gasteiger partial charge on any atom is -0.378 e. The van der Waals surface area contributed by atoms with Crippen LogP contribution in [0.1, 0.15) is 11.1 Å². The highest BCUT2D eigenvalue weighted by atomic mass is 32.2. The molecule has 0 atom stereocenters. The predicted octanol–water partition coefficient (Wildman–Crippen LogP) is 3.38. The van der Waals surface area contributed by atoms with Crippen LogP contribution in [0.3, 0.4) is 0 Å². The molecule has 0 saturated heterocycles. The van der Waals surface area contributed by atoms with Crippen LogP contribution in [-0.4, -0.2) is 57.0 Å². The van der Waals surface area contributed by atoms with Crippen molar-refractivity contribution in [2.45, 2.75) is 15.2 Å². The van der Waals surface area contributed by atoms with E-state index >= 15 is 0 Å². The molecule has 0 aliphatic rings. The van der Waals surface area contributed by atoms with E-state index in [0.29, 0.717) is 10.3 Å². The molecule has 2 heterocycles. The van der Waals surface area contributed by atoms with E-state index in [0.717, 1.165) is 33.1 Å². The molecular weight excluding hydrogens is 517 g/mol.